The summed E-state index contributed by atoms with van der Waals surface area (Å²) in [5.74, 6) is 1.74. The van der Waals surface area contributed by atoms with Crippen LogP contribution in [-0.4, -0.2) is 48.2 Å². The summed E-state index contributed by atoms with van der Waals surface area (Å²) < 4.78 is 18.4. The van der Waals surface area contributed by atoms with Crippen LogP contribution in [0.2, 0.25) is 0 Å². The SMILES string of the molecule is CC(Cc1cc(C(N)=O)c2c(ccn2CCCO)c1)NCCOc1ccc2c(c1)OCO2. The van der Waals surface area contributed by atoms with Crippen LogP contribution in [0, 0.1) is 0 Å². The second-order valence-corrected chi connectivity index (χ2v) is 7.95. The van der Waals surface area contributed by atoms with Gasteiger partial charge < -0.3 is 34.9 Å². The summed E-state index contributed by atoms with van der Waals surface area (Å²) >= 11 is 0. The fourth-order valence-electron chi connectivity index (χ4n) is 4.01. The number of rotatable bonds is 11. The minimum atomic E-state index is -0.446. The van der Waals surface area contributed by atoms with E-state index in [9.17, 15) is 4.79 Å². The quantitative estimate of drug-likeness (QED) is 0.396. The van der Waals surface area contributed by atoms with Crippen molar-refractivity contribution in [2.75, 3.05) is 26.6 Å². The Morgan fingerprint density at radius 1 is 1.25 bits per heavy atom. The largest absolute Gasteiger partial charge is 0.492 e. The number of benzene rings is 2. The van der Waals surface area contributed by atoms with Gasteiger partial charge in [0.25, 0.3) is 5.91 Å². The molecule has 1 unspecified atom stereocenters. The molecular weight excluding hydrogens is 410 g/mol. The van der Waals surface area contributed by atoms with E-state index in [1.807, 2.05) is 41.1 Å². The van der Waals surface area contributed by atoms with Crippen molar-refractivity contribution in [2.45, 2.75) is 32.4 Å². The number of amides is 1. The average Bonchev–Trinajstić information content (AvgIpc) is 3.41. The molecule has 32 heavy (non-hydrogen) atoms. The molecule has 4 N–H and O–H groups in total. The molecule has 170 valence electrons. The van der Waals surface area contributed by atoms with Crippen LogP contribution in [0.25, 0.3) is 10.9 Å². The molecule has 0 radical (unpaired) electrons. The lowest BCUT2D eigenvalue weighted by Gasteiger charge is -2.16. The highest BCUT2D eigenvalue weighted by molar-refractivity contribution is 6.05. The summed E-state index contributed by atoms with van der Waals surface area (Å²) in [6.07, 6.45) is 3.31. The Bertz CT molecular complexity index is 1090. The van der Waals surface area contributed by atoms with E-state index in [2.05, 4.69) is 18.3 Å². The zero-order valence-electron chi connectivity index (χ0n) is 18.2. The van der Waals surface area contributed by atoms with Crippen molar-refractivity contribution in [1.29, 1.82) is 0 Å². The number of nitrogens with one attached hydrogen (secondary N) is 1. The highest BCUT2D eigenvalue weighted by atomic mass is 16.7. The zero-order chi connectivity index (χ0) is 22.5. The van der Waals surface area contributed by atoms with Gasteiger partial charge in [-0.25, -0.2) is 0 Å². The maximum Gasteiger partial charge on any atom is 0.250 e. The van der Waals surface area contributed by atoms with Crippen LogP contribution in [0.3, 0.4) is 0 Å². The number of aliphatic hydroxyl groups is 1. The van der Waals surface area contributed by atoms with Crippen molar-refractivity contribution in [1.82, 2.24) is 9.88 Å². The molecule has 2 heterocycles. The van der Waals surface area contributed by atoms with Crippen molar-refractivity contribution < 1.29 is 24.1 Å². The Labute approximate surface area is 186 Å². The third-order valence-corrected chi connectivity index (χ3v) is 5.49. The molecule has 1 aliphatic rings. The monoisotopic (exact) mass is 439 g/mol. The van der Waals surface area contributed by atoms with Gasteiger partial charge in [0.05, 0.1) is 11.1 Å². The minimum Gasteiger partial charge on any atom is -0.492 e. The van der Waals surface area contributed by atoms with E-state index >= 15 is 0 Å². The number of nitrogens with two attached hydrogens (primary N) is 1. The standard InChI is InChI=1S/C24H29N3O5/c1-16(26-6-10-30-19-3-4-21-22(14-19)32-15-31-21)11-17-12-18-5-8-27(7-2-9-28)23(18)20(13-17)24(25)29/h3-5,8,12-14,16,26,28H,2,6-7,9-11,15H2,1H3,(H2,25,29). The van der Waals surface area contributed by atoms with Gasteiger partial charge in [0.2, 0.25) is 6.79 Å². The summed E-state index contributed by atoms with van der Waals surface area (Å²) in [6, 6.07) is 11.7. The van der Waals surface area contributed by atoms with Crippen LogP contribution in [0.5, 0.6) is 17.2 Å². The molecule has 2 aromatic carbocycles. The number of aliphatic hydroxyl groups excluding tert-OH is 1. The number of primary amides is 1. The highest BCUT2D eigenvalue weighted by Crippen LogP contribution is 2.35. The van der Waals surface area contributed by atoms with Gasteiger partial charge in [-0.05, 0) is 55.7 Å². The van der Waals surface area contributed by atoms with Gasteiger partial charge in [-0.2, -0.15) is 0 Å². The molecule has 1 aliphatic heterocycles. The van der Waals surface area contributed by atoms with Crippen LogP contribution in [0.15, 0.2) is 42.6 Å². The van der Waals surface area contributed by atoms with Crippen molar-refractivity contribution in [3.05, 3.63) is 53.7 Å². The van der Waals surface area contributed by atoms with Gasteiger partial charge in [-0.3, -0.25) is 4.79 Å². The molecule has 8 heteroatoms. The van der Waals surface area contributed by atoms with E-state index in [0.717, 1.165) is 34.4 Å². The molecule has 3 aromatic rings. The predicted octanol–water partition coefficient (Wildman–Crippen LogP) is 2.45. The minimum absolute atomic E-state index is 0.102. The first-order valence-electron chi connectivity index (χ1n) is 10.8. The number of nitrogens with zero attached hydrogens (tertiary/aromatic N) is 1. The third kappa shape index (κ3) is 4.98. The molecule has 0 aliphatic carbocycles. The number of hydrogen-bond donors (Lipinski definition) is 3. The Hall–Kier alpha value is -3.23. The van der Waals surface area contributed by atoms with Crippen molar-refractivity contribution >= 4 is 16.8 Å². The van der Waals surface area contributed by atoms with E-state index in [1.165, 1.54) is 0 Å². The fourth-order valence-corrected chi connectivity index (χ4v) is 4.01. The number of aryl methyl sites for hydroxylation is 1. The lowest BCUT2D eigenvalue weighted by molar-refractivity contribution is 0.100. The Balaban J connectivity index is 1.33. The number of aromatic nitrogens is 1. The van der Waals surface area contributed by atoms with Crippen LogP contribution in [-0.2, 0) is 13.0 Å². The van der Waals surface area contributed by atoms with E-state index < -0.39 is 5.91 Å². The summed E-state index contributed by atoms with van der Waals surface area (Å²) in [4.78, 5) is 12.1. The second-order valence-electron chi connectivity index (χ2n) is 7.95. The second kappa shape index (κ2) is 9.93. The summed E-state index contributed by atoms with van der Waals surface area (Å²) in [7, 11) is 0. The number of fused-ring (bicyclic) bond motifs is 2. The topological polar surface area (TPSA) is 108 Å². The maximum atomic E-state index is 12.1. The number of carbonyl (C=O) groups excluding carboxylic acids is 1. The normalized spacial score (nSPS) is 13.4. The molecule has 0 fully saturated rings. The Kier molecular flexibility index (Phi) is 6.82. The summed E-state index contributed by atoms with van der Waals surface area (Å²) in [6.45, 7) is 4.28. The van der Waals surface area contributed by atoms with E-state index in [4.69, 9.17) is 25.1 Å². The molecule has 1 atom stereocenters. The van der Waals surface area contributed by atoms with Gasteiger partial charge >= 0.3 is 0 Å². The zero-order valence-corrected chi connectivity index (χ0v) is 18.2. The van der Waals surface area contributed by atoms with Crippen molar-refractivity contribution in [2.24, 2.45) is 5.73 Å². The van der Waals surface area contributed by atoms with E-state index in [0.29, 0.717) is 37.4 Å². The molecule has 0 saturated heterocycles. The molecule has 8 nitrogen and oxygen atoms in total. The Morgan fingerprint density at radius 2 is 2.09 bits per heavy atom. The summed E-state index contributed by atoms with van der Waals surface area (Å²) in [5, 5.41) is 13.6. The lowest BCUT2D eigenvalue weighted by Crippen LogP contribution is -2.32. The van der Waals surface area contributed by atoms with Crippen molar-refractivity contribution in [3.8, 4) is 17.2 Å². The van der Waals surface area contributed by atoms with Gasteiger partial charge in [-0.15, -0.1) is 0 Å². The number of ether oxygens (including phenoxy) is 3. The van der Waals surface area contributed by atoms with E-state index in [1.54, 1.807) is 0 Å². The molecule has 0 bridgehead atoms. The van der Waals surface area contributed by atoms with Gasteiger partial charge in [0, 0.05) is 43.4 Å². The van der Waals surface area contributed by atoms with Crippen LogP contribution in [0.1, 0.15) is 29.3 Å². The first-order valence-corrected chi connectivity index (χ1v) is 10.8. The number of carbonyl (C=O) groups is 1. The molecule has 0 spiro atoms. The molecule has 1 aromatic heterocycles. The van der Waals surface area contributed by atoms with Gasteiger partial charge in [0.1, 0.15) is 12.4 Å². The van der Waals surface area contributed by atoms with Crippen LogP contribution < -0.4 is 25.3 Å². The maximum absolute atomic E-state index is 12.1. The molecule has 4 rings (SSSR count). The van der Waals surface area contributed by atoms with Gasteiger partial charge in [-0.1, -0.05) is 0 Å². The molecule has 0 saturated carbocycles. The fraction of sp³-hybridized carbons (Fsp3) is 0.375. The summed E-state index contributed by atoms with van der Waals surface area (Å²) in [5.41, 5.74) is 8.06. The predicted molar refractivity (Wildman–Crippen MR) is 121 cm³/mol. The third-order valence-electron chi connectivity index (χ3n) is 5.49. The van der Waals surface area contributed by atoms with E-state index in [-0.39, 0.29) is 19.4 Å². The highest BCUT2D eigenvalue weighted by Gasteiger charge is 2.15. The Morgan fingerprint density at radius 3 is 2.91 bits per heavy atom. The first-order chi connectivity index (χ1) is 15.5. The van der Waals surface area contributed by atoms with Crippen molar-refractivity contribution in [3.63, 3.8) is 0 Å². The smallest absolute Gasteiger partial charge is 0.250 e. The average molecular weight is 440 g/mol. The number of hydrogen-bond acceptors (Lipinski definition) is 6. The molecular formula is C24H29N3O5. The lowest BCUT2D eigenvalue weighted by atomic mass is 10.0. The van der Waals surface area contributed by atoms with Crippen LogP contribution >= 0.6 is 0 Å². The van der Waals surface area contributed by atoms with Crippen LogP contribution in [0.4, 0.5) is 0 Å². The first kappa shape index (κ1) is 22.0. The van der Waals surface area contributed by atoms with Gasteiger partial charge in [0.15, 0.2) is 11.5 Å². The molecule has 1 amide bonds.